The zero-order chi connectivity index (χ0) is 19.2. The lowest BCUT2D eigenvalue weighted by Crippen LogP contribution is -2.37. The van der Waals surface area contributed by atoms with Gasteiger partial charge in [-0.2, -0.15) is 0 Å². The van der Waals surface area contributed by atoms with Gasteiger partial charge < -0.3 is 9.47 Å². The van der Waals surface area contributed by atoms with Crippen LogP contribution >= 0.6 is 49.0 Å². The summed E-state index contributed by atoms with van der Waals surface area (Å²) in [5.41, 5.74) is 3.13. The maximum Gasteiger partial charge on any atom is 0.131 e. The summed E-state index contributed by atoms with van der Waals surface area (Å²) >= 11 is 1.89. The highest BCUT2D eigenvalue weighted by molar-refractivity contribution is 7.99. The highest BCUT2D eigenvalue weighted by Crippen LogP contribution is 2.27. The molecule has 5 nitrogen and oxygen atoms in total. The van der Waals surface area contributed by atoms with Gasteiger partial charge in [-0.15, -0.1) is 49.0 Å². The lowest BCUT2D eigenvalue weighted by atomic mass is 10.2. The van der Waals surface area contributed by atoms with E-state index in [1.807, 2.05) is 48.3 Å². The molecule has 1 aromatic carbocycles. The fourth-order valence-corrected chi connectivity index (χ4v) is 4.37. The van der Waals surface area contributed by atoms with E-state index in [0.717, 1.165) is 60.9 Å². The Balaban J connectivity index is 0.00000160. The highest BCUT2D eigenvalue weighted by atomic mass is 35.5. The van der Waals surface area contributed by atoms with Crippen LogP contribution in [0.15, 0.2) is 53.7 Å². The number of benzene rings is 1. The number of hydrogen-bond donors (Lipinski definition) is 0. The molecule has 0 bridgehead atoms. The second kappa shape index (κ2) is 14.0. The number of ether oxygens (including phenoxy) is 2. The lowest BCUT2D eigenvalue weighted by molar-refractivity contribution is 0.0410. The average molecular weight is 505 g/mol. The number of halogens is 3. The smallest absolute Gasteiger partial charge is 0.131 e. The normalized spacial score (nSPS) is 13.6. The predicted molar refractivity (Wildman–Crippen MR) is 135 cm³/mol. The Labute approximate surface area is 206 Å². The van der Waals surface area contributed by atoms with Crippen molar-refractivity contribution in [3.63, 3.8) is 0 Å². The minimum atomic E-state index is 0. The highest BCUT2D eigenvalue weighted by Gasteiger charge is 2.12. The second-order valence-corrected chi connectivity index (χ2v) is 7.93. The van der Waals surface area contributed by atoms with Crippen LogP contribution in [0.4, 0.5) is 0 Å². The number of para-hydroxylation sites is 1. The van der Waals surface area contributed by atoms with Gasteiger partial charge in [0.15, 0.2) is 0 Å². The van der Waals surface area contributed by atoms with Crippen molar-refractivity contribution in [2.24, 2.45) is 0 Å². The average Bonchev–Trinajstić information content (AvgIpc) is 2.75. The van der Waals surface area contributed by atoms with Gasteiger partial charge >= 0.3 is 0 Å². The molecule has 9 heteroatoms. The fourth-order valence-electron chi connectivity index (χ4n) is 3.31. The predicted octanol–water partition coefficient (Wildman–Crippen LogP) is 5.21. The Morgan fingerprint density at radius 1 is 1.00 bits per heavy atom. The van der Waals surface area contributed by atoms with E-state index in [2.05, 4.69) is 27.9 Å². The first-order valence-corrected chi connectivity index (χ1v) is 10.6. The molecule has 0 atom stereocenters. The van der Waals surface area contributed by atoms with Gasteiger partial charge in [0, 0.05) is 48.1 Å². The summed E-state index contributed by atoms with van der Waals surface area (Å²) in [5, 5.41) is 1.03. The number of fused-ring (bicyclic) bond motifs is 1. The number of thioether (sulfide) groups is 1. The summed E-state index contributed by atoms with van der Waals surface area (Å²) < 4.78 is 11.5. The molecular weight excluding hydrogens is 477 g/mol. The minimum Gasteiger partial charge on any atom is -0.487 e. The van der Waals surface area contributed by atoms with Gasteiger partial charge in [0.25, 0.3) is 0 Å². The molecule has 1 saturated heterocycles. The van der Waals surface area contributed by atoms with Crippen molar-refractivity contribution in [2.45, 2.75) is 18.4 Å². The summed E-state index contributed by atoms with van der Waals surface area (Å²) in [6, 6.07) is 12.0. The zero-order valence-electron chi connectivity index (χ0n) is 17.4. The maximum atomic E-state index is 6.11. The van der Waals surface area contributed by atoms with Crippen molar-refractivity contribution < 1.29 is 9.47 Å². The van der Waals surface area contributed by atoms with E-state index in [4.69, 9.17) is 9.47 Å². The molecule has 0 spiro atoms. The molecule has 1 aliphatic rings. The molecule has 0 saturated carbocycles. The van der Waals surface area contributed by atoms with Crippen molar-refractivity contribution in [1.29, 1.82) is 0 Å². The number of rotatable bonds is 7. The van der Waals surface area contributed by atoms with Crippen LogP contribution in [-0.2, 0) is 11.3 Å². The van der Waals surface area contributed by atoms with Gasteiger partial charge in [0.1, 0.15) is 12.4 Å². The van der Waals surface area contributed by atoms with Crippen molar-refractivity contribution in [3.8, 4) is 5.75 Å². The van der Waals surface area contributed by atoms with E-state index >= 15 is 0 Å². The lowest BCUT2D eigenvalue weighted by Gasteiger charge is -2.26. The van der Waals surface area contributed by atoms with Gasteiger partial charge in [-0.05, 0) is 36.8 Å². The minimum absolute atomic E-state index is 0. The van der Waals surface area contributed by atoms with Gasteiger partial charge in [-0.25, -0.2) is 0 Å². The van der Waals surface area contributed by atoms with Crippen LogP contribution in [0.2, 0.25) is 0 Å². The Morgan fingerprint density at radius 3 is 2.55 bits per heavy atom. The summed E-state index contributed by atoms with van der Waals surface area (Å²) in [5.74, 6) is 1.91. The molecule has 0 aliphatic carbocycles. The Bertz CT molecular complexity index is 938. The molecule has 3 aromatic rings. The molecule has 0 unspecified atom stereocenters. The van der Waals surface area contributed by atoms with Crippen LogP contribution in [0.25, 0.3) is 10.9 Å². The molecule has 0 radical (unpaired) electrons. The number of nitrogens with zero attached hydrogens (tertiary/aromatic N) is 3. The summed E-state index contributed by atoms with van der Waals surface area (Å²) in [4.78, 5) is 12.7. The van der Waals surface area contributed by atoms with Crippen molar-refractivity contribution in [3.05, 3.63) is 60.0 Å². The van der Waals surface area contributed by atoms with Crippen LogP contribution in [0.3, 0.4) is 0 Å². The molecule has 4 rings (SSSR count). The summed E-state index contributed by atoms with van der Waals surface area (Å²) in [6.07, 6.45) is 3.67. The van der Waals surface area contributed by atoms with E-state index in [-0.39, 0.29) is 37.2 Å². The van der Waals surface area contributed by atoms with E-state index in [0.29, 0.717) is 6.61 Å². The number of aromatic nitrogens is 2. The molecule has 31 heavy (non-hydrogen) atoms. The molecule has 1 aliphatic heterocycles. The van der Waals surface area contributed by atoms with Gasteiger partial charge in [0.05, 0.1) is 24.4 Å². The van der Waals surface area contributed by atoms with Gasteiger partial charge in [0.2, 0.25) is 0 Å². The Hall–Kier alpha value is -1.28. The van der Waals surface area contributed by atoms with Crippen molar-refractivity contribution in [2.75, 3.05) is 38.6 Å². The molecule has 1 fully saturated rings. The summed E-state index contributed by atoms with van der Waals surface area (Å²) in [7, 11) is 0. The van der Waals surface area contributed by atoms with Gasteiger partial charge in [-0.3, -0.25) is 14.9 Å². The first-order chi connectivity index (χ1) is 13.8. The van der Waals surface area contributed by atoms with E-state index in [1.165, 1.54) is 10.5 Å². The third-order valence-corrected chi connectivity index (χ3v) is 6.14. The second-order valence-electron chi connectivity index (χ2n) is 6.80. The molecule has 0 amide bonds. The van der Waals surface area contributed by atoms with E-state index < -0.39 is 0 Å². The molecule has 2 aromatic heterocycles. The number of morpholine rings is 1. The molecule has 170 valence electrons. The zero-order valence-corrected chi connectivity index (χ0v) is 20.6. The quantitative estimate of drug-likeness (QED) is 0.412. The van der Waals surface area contributed by atoms with Crippen LogP contribution in [0.5, 0.6) is 5.75 Å². The van der Waals surface area contributed by atoms with Crippen LogP contribution in [0, 0.1) is 6.92 Å². The van der Waals surface area contributed by atoms with Crippen molar-refractivity contribution in [1.82, 2.24) is 14.9 Å². The first-order valence-electron chi connectivity index (χ1n) is 9.65. The fraction of sp³-hybridized carbons (Fsp3) is 0.364. The monoisotopic (exact) mass is 503 g/mol. The largest absolute Gasteiger partial charge is 0.487 e. The van der Waals surface area contributed by atoms with Crippen LogP contribution < -0.4 is 4.74 Å². The first kappa shape index (κ1) is 27.8. The maximum absolute atomic E-state index is 6.11. The topological polar surface area (TPSA) is 47.5 Å². The van der Waals surface area contributed by atoms with Crippen LogP contribution in [0.1, 0.15) is 11.3 Å². The van der Waals surface area contributed by atoms with E-state index in [9.17, 15) is 0 Å². The van der Waals surface area contributed by atoms with E-state index in [1.54, 1.807) is 6.20 Å². The molecule has 0 N–H and O–H groups in total. The third-order valence-electron chi connectivity index (χ3n) is 5.00. The molecule has 3 heterocycles. The van der Waals surface area contributed by atoms with Gasteiger partial charge in [-0.1, -0.05) is 12.1 Å². The molecular formula is C22H28Cl3N3O2S. The standard InChI is InChI=1S/C22H25N3O2S.3ClH/c1-17-20(16-27-21-6-8-23-19-5-3-2-4-18(19)21)24-9-7-22(17)28-15-12-25-10-13-26-14-11-25;;;/h2-9H,10-16H2,1H3;3*1H. The summed E-state index contributed by atoms with van der Waals surface area (Å²) in [6.45, 7) is 7.45. The third kappa shape index (κ3) is 7.38. The number of hydrogen-bond acceptors (Lipinski definition) is 6. The number of pyridine rings is 2. The van der Waals surface area contributed by atoms with Crippen molar-refractivity contribution >= 4 is 59.9 Å². The Morgan fingerprint density at radius 2 is 1.74 bits per heavy atom. The van der Waals surface area contributed by atoms with Crippen LogP contribution in [-0.4, -0.2) is 53.5 Å². The SMILES string of the molecule is Cc1c(SCCN2CCOCC2)ccnc1COc1ccnc2ccccc12.Cl.Cl.Cl. The Kier molecular flexibility index (Phi) is 12.5.